The van der Waals surface area contributed by atoms with Crippen molar-refractivity contribution < 1.29 is 29.3 Å². The van der Waals surface area contributed by atoms with Gasteiger partial charge in [-0.3, -0.25) is 4.79 Å². The van der Waals surface area contributed by atoms with E-state index in [1.807, 2.05) is 0 Å². The Bertz CT molecular complexity index is 499. The molecule has 19 heavy (non-hydrogen) atoms. The summed E-state index contributed by atoms with van der Waals surface area (Å²) in [6.45, 7) is 0. The Kier molecular flexibility index (Phi) is 5.31. The molecule has 0 aliphatic carbocycles. The van der Waals surface area contributed by atoms with E-state index < -0.39 is 24.3 Å². The Morgan fingerprint density at radius 3 is 2.32 bits per heavy atom. The molecule has 0 heterocycles. The minimum absolute atomic E-state index is 0.176. The number of aliphatic hydroxyl groups excluding tert-OH is 1. The molecule has 1 aromatic rings. The van der Waals surface area contributed by atoms with Crippen molar-refractivity contribution in [2.24, 2.45) is 0 Å². The third-order valence-corrected chi connectivity index (χ3v) is 3.06. The van der Waals surface area contributed by atoms with Gasteiger partial charge in [0.2, 0.25) is 0 Å². The van der Waals surface area contributed by atoms with E-state index in [4.69, 9.17) is 14.6 Å². The summed E-state index contributed by atoms with van der Waals surface area (Å²) in [6, 6.07) is 2.97. The van der Waals surface area contributed by atoms with Crippen LogP contribution in [0.25, 0.3) is 0 Å². The molecular weight excluding hydrogens is 320 g/mol. The van der Waals surface area contributed by atoms with E-state index in [-0.39, 0.29) is 11.3 Å². The zero-order valence-electron chi connectivity index (χ0n) is 10.3. The molecule has 0 amide bonds. The van der Waals surface area contributed by atoms with Gasteiger partial charge in [-0.1, -0.05) is 0 Å². The number of aliphatic hydroxyl groups is 1. The van der Waals surface area contributed by atoms with Gasteiger partial charge in [-0.25, -0.2) is 4.79 Å². The molecule has 1 atom stereocenters. The van der Waals surface area contributed by atoms with Crippen LogP contribution < -0.4 is 9.47 Å². The van der Waals surface area contributed by atoms with Gasteiger partial charge in [0.25, 0.3) is 0 Å². The smallest absolute Gasteiger partial charge is 0.332 e. The minimum atomic E-state index is -1.74. The van der Waals surface area contributed by atoms with Crippen LogP contribution in [-0.2, 0) is 4.79 Å². The molecule has 0 spiro atoms. The van der Waals surface area contributed by atoms with E-state index in [1.165, 1.54) is 26.4 Å². The van der Waals surface area contributed by atoms with Crippen molar-refractivity contribution in [3.63, 3.8) is 0 Å². The highest BCUT2D eigenvalue weighted by molar-refractivity contribution is 9.10. The summed E-state index contributed by atoms with van der Waals surface area (Å²) in [5, 5.41) is 17.8. The van der Waals surface area contributed by atoms with E-state index in [0.717, 1.165) is 0 Å². The number of hydrogen-bond acceptors (Lipinski definition) is 5. The number of Topliss-reactive ketones (excluding diaryl/α,β-unsaturated/α-hetero) is 1. The number of ketones is 1. The first-order valence-corrected chi connectivity index (χ1v) is 6.05. The number of rotatable bonds is 6. The van der Waals surface area contributed by atoms with Gasteiger partial charge in [0, 0.05) is 12.5 Å². The first kappa shape index (κ1) is 15.5. The van der Waals surface area contributed by atoms with Gasteiger partial charge in [-0.15, -0.1) is 0 Å². The van der Waals surface area contributed by atoms with Crippen molar-refractivity contribution >= 4 is 27.7 Å². The molecule has 0 saturated carbocycles. The molecular formula is C12H13BrO6. The van der Waals surface area contributed by atoms with Gasteiger partial charge < -0.3 is 19.7 Å². The van der Waals surface area contributed by atoms with Crippen LogP contribution in [0.15, 0.2) is 16.6 Å². The molecule has 0 aliphatic heterocycles. The van der Waals surface area contributed by atoms with Crippen molar-refractivity contribution in [1.82, 2.24) is 0 Å². The second-order valence-corrected chi connectivity index (χ2v) is 4.52. The lowest BCUT2D eigenvalue weighted by atomic mass is 10.0. The largest absolute Gasteiger partial charge is 0.496 e. The van der Waals surface area contributed by atoms with Crippen LogP contribution in [0.1, 0.15) is 16.8 Å². The lowest BCUT2D eigenvalue weighted by Gasteiger charge is -2.12. The fourth-order valence-corrected chi connectivity index (χ4v) is 1.96. The molecule has 7 heteroatoms. The molecule has 0 saturated heterocycles. The lowest BCUT2D eigenvalue weighted by Crippen LogP contribution is -2.23. The maximum absolute atomic E-state index is 11.9. The molecule has 0 aliphatic rings. The summed E-state index contributed by atoms with van der Waals surface area (Å²) in [5.74, 6) is -1.25. The molecule has 1 aromatic carbocycles. The average Bonchev–Trinajstić information content (AvgIpc) is 2.38. The number of hydrogen-bond donors (Lipinski definition) is 2. The molecule has 1 unspecified atom stereocenters. The third kappa shape index (κ3) is 3.68. The lowest BCUT2D eigenvalue weighted by molar-refractivity contribution is -0.146. The van der Waals surface area contributed by atoms with Gasteiger partial charge in [-0.05, 0) is 22.0 Å². The number of carbonyl (C=O) groups excluding carboxylic acids is 1. The Labute approximate surface area is 118 Å². The van der Waals surface area contributed by atoms with Crippen molar-refractivity contribution in [1.29, 1.82) is 0 Å². The van der Waals surface area contributed by atoms with Crippen LogP contribution in [0.3, 0.4) is 0 Å². The van der Waals surface area contributed by atoms with Crippen LogP contribution in [0.2, 0.25) is 0 Å². The Morgan fingerprint density at radius 1 is 1.26 bits per heavy atom. The van der Waals surface area contributed by atoms with Crippen molar-refractivity contribution in [3.05, 3.63) is 22.2 Å². The SMILES string of the molecule is COc1cc(OC)c(C(=O)CC(O)C(=O)O)cc1Br. The summed E-state index contributed by atoms with van der Waals surface area (Å²) >= 11 is 3.22. The Morgan fingerprint density at radius 2 is 1.84 bits per heavy atom. The number of carbonyl (C=O) groups is 2. The molecule has 1 rings (SSSR count). The molecule has 0 aromatic heterocycles. The van der Waals surface area contributed by atoms with E-state index in [1.54, 1.807) is 0 Å². The van der Waals surface area contributed by atoms with Crippen LogP contribution >= 0.6 is 15.9 Å². The van der Waals surface area contributed by atoms with E-state index in [0.29, 0.717) is 10.2 Å². The quantitative estimate of drug-likeness (QED) is 0.766. The average molecular weight is 333 g/mol. The summed E-state index contributed by atoms with van der Waals surface area (Å²) in [5.41, 5.74) is 0.176. The molecule has 6 nitrogen and oxygen atoms in total. The van der Waals surface area contributed by atoms with Gasteiger partial charge in [0.1, 0.15) is 11.5 Å². The maximum atomic E-state index is 11.9. The van der Waals surface area contributed by atoms with E-state index in [9.17, 15) is 14.7 Å². The second kappa shape index (κ2) is 6.53. The maximum Gasteiger partial charge on any atom is 0.332 e. The standard InChI is InChI=1S/C12H13BrO6/c1-18-10-5-11(19-2)7(13)3-6(10)8(14)4-9(15)12(16)17/h3,5,9,15H,4H2,1-2H3,(H,16,17). The highest BCUT2D eigenvalue weighted by Crippen LogP contribution is 2.33. The van der Waals surface area contributed by atoms with Crippen molar-refractivity contribution in [2.75, 3.05) is 14.2 Å². The number of methoxy groups -OCH3 is 2. The minimum Gasteiger partial charge on any atom is -0.496 e. The summed E-state index contributed by atoms with van der Waals surface area (Å²) in [7, 11) is 2.85. The number of aliphatic carboxylic acids is 1. The Hall–Kier alpha value is -1.60. The molecule has 0 fully saturated rings. The summed E-state index contributed by atoms with van der Waals surface area (Å²) in [4.78, 5) is 22.5. The molecule has 2 N–H and O–H groups in total. The fraction of sp³-hybridized carbons (Fsp3) is 0.333. The van der Waals surface area contributed by atoms with Gasteiger partial charge in [-0.2, -0.15) is 0 Å². The van der Waals surface area contributed by atoms with Crippen LogP contribution in [-0.4, -0.2) is 42.3 Å². The molecule has 104 valence electrons. The highest BCUT2D eigenvalue weighted by atomic mass is 79.9. The third-order valence-electron chi connectivity index (χ3n) is 2.44. The highest BCUT2D eigenvalue weighted by Gasteiger charge is 2.22. The van der Waals surface area contributed by atoms with Crippen molar-refractivity contribution in [3.8, 4) is 11.5 Å². The first-order valence-electron chi connectivity index (χ1n) is 5.26. The van der Waals surface area contributed by atoms with Crippen LogP contribution in [0.5, 0.6) is 11.5 Å². The number of benzene rings is 1. The van der Waals surface area contributed by atoms with E-state index >= 15 is 0 Å². The van der Waals surface area contributed by atoms with Gasteiger partial charge in [0.15, 0.2) is 11.9 Å². The monoisotopic (exact) mass is 332 g/mol. The predicted octanol–water partition coefficient (Wildman–Crippen LogP) is 1.48. The summed E-state index contributed by atoms with van der Waals surface area (Å²) in [6.07, 6.45) is -2.26. The van der Waals surface area contributed by atoms with Crippen LogP contribution in [0.4, 0.5) is 0 Å². The van der Waals surface area contributed by atoms with E-state index in [2.05, 4.69) is 15.9 Å². The van der Waals surface area contributed by atoms with Crippen LogP contribution in [0, 0.1) is 0 Å². The second-order valence-electron chi connectivity index (χ2n) is 3.67. The predicted molar refractivity (Wildman–Crippen MR) is 69.8 cm³/mol. The molecule has 0 radical (unpaired) electrons. The normalized spacial score (nSPS) is 11.8. The fourth-order valence-electron chi connectivity index (χ4n) is 1.45. The zero-order chi connectivity index (χ0) is 14.6. The number of carboxylic acids is 1. The van der Waals surface area contributed by atoms with Gasteiger partial charge >= 0.3 is 5.97 Å². The summed E-state index contributed by atoms with van der Waals surface area (Å²) < 4.78 is 10.6. The molecule has 0 bridgehead atoms. The van der Waals surface area contributed by atoms with Crippen molar-refractivity contribution in [2.45, 2.75) is 12.5 Å². The topological polar surface area (TPSA) is 93.1 Å². The Balaban J connectivity index is 3.08. The first-order chi connectivity index (χ1) is 8.90. The number of carboxylic acid groups (broad SMARTS) is 1. The number of halogens is 1. The number of ether oxygens (including phenoxy) is 2. The van der Waals surface area contributed by atoms with Gasteiger partial charge in [0.05, 0.1) is 24.3 Å². The zero-order valence-corrected chi connectivity index (χ0v) is 11.9.